The molecule has 1 aliphatic rings. The van der Waals surface area contributed by atoms with Gasteiger partial charge in [-0.2, -0.15) is 13.2 Å². The van der Waals surface area contributed by atoms with Crippen LogP contribution in [-0.4, -0.2) is 57.4 Å². The summed E-state index contributed by atoms with van der Waals surface area (Å²) in [5, 5.41) is 11.6. The van der Waals surface area contributed by atoms with Crippen LogP contribution in [0, 0.1) is 18.8 Å². The number of imidazole rings is 1. The van der Waals surface area contributed by atoms with Crippen molar-refractivity contribution in [2.75, 3.05) is 19.6 Å². The molecule has 1 saturated heterocycles. The van der Waals surface area contributed by atoms with Crippen molar-refractivity contribution in [1.82, 2.24) is 19.8 Å². The third-order valence-corrected chi connectivity index (χ3v) is 5.02. The molecular formula is C18H21F3N4O3. The summed E-state index contributed by atoms with van der Waals surface area (Å²) in [6.45, 7) is 1.64. The summed E-state index contributed by atoms with van der Waals surface area (Å²) >= 11 is 0. The number of benzene rings is 1. The van der Waals surface area contributed by atoms with E-state index < -0.39 is 43.1 Å². The second-order valence-electron chi connectivity index (χ2n) is 6.88. The molecule has 28 heavy (non-hydrogen) atoms. The number of carboxylic acid groups (broad SMARTS) is 1. The van der Waals surface area contributed by atoms with Gasteiger partial charge in [0.25, 0.3) is 0 Å². The van der Waals surface area contributed by atoms with E-state index in [2.05, 4.69) is 10.3 Å². The Labute approximate surface area is 159 Å². The van der Waals surface area contributed by atoms with Gasteiger partial charge in [0.15, 0.2) is 0 Å². The number of hydrogen-bond acceptors (Lipinski definition) is 3. The Hall–Kier alpha value is -2.78. The maximum Gasteiger partial charge on any atom is 0.394 e. The maximum absolute atomic E-state index is 13.0. The van der Waals surface area contributed by atoms with Crippen LogP contribution in [0.3, 0.4) is 0 Å². The average Bonchev–Trinajstić information content (AvgIpc) is 3.20. The lowest BCUT2D eigenvalue weighted by Gasteiger charge is -2.18. The number of urea groups is 1. The minimum atomic E-state index is -4.65. The summed E-state index contributed by atoms with van der Waals surface area (Å²) in [5.74, 6) is -4.38. The molecule has 0 spiro atoms. The van der Waals surface area contributed by atoms with Crippen LogP contribution in [0.5, 0.6) is 0 Å². The van der Waals surface area contributed by atoms with E-state index in [1.165, 1.54) is 0 Å². The van der Waals surface area contributed by atoms with Gasteiger partial charge in [-0.1, -0.05) is 12.1 Å². The standard InChI is InChI=1S/C18H21F3N4O3/c1-11-23-14-5-2-3-6-15(14)25(11)8-4-7-22-17(28)24-9-12(16(26)27)13(10-24)18(19,20)21/h2-3,5-6,12-13H,4,7-10H2,1H3,(H,22,28)(H,26,27)/t12-,13-/m1/s1. The highest BCUT2D eigenvalue weighted by molar-refractivity contribution is 5.78. The van der Waals surface area contributed by atoms with E-state index in [0.717, 1.165) is 21.8 Å². The van der Waals surface area contributed by atoms with Gasteiger partial charge < -0.3 is 19.9 Å². The van der Waals surface area contributed by atoms with Crippen LogP contribution in [0.25, 0.3) is 11.0 Å². The fourth-order valence-corrected chi connectivity index (χ4v) is 3.57. The third-order valence-electron chi connectivity index (χ3n) is 5.02. The molecular weight excluding hydrogens is 377 g/mol. The Morgan fingerprint density at radius 2 is 2.00 bits per heavy atom. The monoisotopic (exact) mass is 398 g/mol. The first-order chi connectivity index (χ1) is 13.2. The second kappa shape index (κ2) is 7.69. The van der Waals surface area contributed by atoms with Gasteiger partial charge in [0.05, 0.1) is 22.9 Å². The molecule has 3 rings (SSSR count). The largest absolute Gasteiger partial charge is 0.481 e. The zero-order valence-electron chi connectivity index (χ0n) is 15.2. The molecule has 7 nitrogen and oxygen atoms in total. The molecule has 2 heterocycles. The van der Waals surface area contributed by atoms with E-state index in [4.69, 9.17) is 5.11 Å². The van der Waals surface area contributed by atoms with Crippen LogP contribution in [-0.2, 0) is 11.3 Å². The molecule has 0 radical (unpaired) electrons. The van der Waals surface area contributed by atoms with Crippen LogP contribution in [0.4, 0.5) is 18.0 Å². The van der Waals surface area contributed by atoms with E-state index in [1.54, 1.807) is 0 Å². The van der Waals surface area contributed by atoms with Crippen molar-refractivity contribution in [3.8, 4) is 0 Å². The number of aromatic nitrogens is 2. The van der Waals surface area contributed by atoms with Crippen molar-refractivity contribution in [2.24, 2.45) is 11.8 Å². The number of nitrogens with one attached hydrogen (secondary N) is 1. The number of carbonyl (C=O) groups excluding carboxylic acids is 1. The van der Waals surface area contributed by atoms with Crippen molar-refractivity contribution >= 4 is 23.0 Å². The minimum absolute atomic E-state index is 0.260. The van der Waals surface area contributed by atoms with Gasteiger partial charge in [0.2, 0.25) is 0 Å². The van der Waals surface area contributed by atoms with Crippen LogP contribution >= 0.6 is 0 Å². The molecule has 0 aliphatic carbocycles. The van der Waals surface area contributed by atoms with Gasteiger partial charge in [-0.05, 0) is 25.5 Å². The molecule has 2 aromatic rings. The Morgan fingerprint density at radius 3 is 2.64 bits per heavy atom. The van der Waals surface area contributed by atoms with Gasteiger partial charge in [-0.15, -0.1) is 0 Å². The number of carboxylic acids is 1. The smallest absolute Gasteiger partial charge is 0.394 e. The highest BCUT2D eigenvalue weighted by Gasteiger charge is 2.53. The summed E-state index contributed by atoms with van der Waals surface area (Å²) < 4.78 is 41.0. The molecule has 2 N–H and O–H groups in total. The van der Waals surface area contributed by atoms with E-state index in [1.807, 2.05) is 35.8 Å². The normalized spacial score (nSPS) is 19.9. The van der Waals surface area contributed by atoms with Gasteiger partial charge in [-0.25, -0.2) is 9.78 Å². The van der Waals surface area contributed by atoms with Crippen molar-refractivity contribution in [2.45, 2.75) is 26.1 Å². The number of aryl methyl sites for hydroxylation is 2. The number of hydrogen-bond donors (Lipinski definition) is 2. The highest BCUT2D eigenvalue weighted by Crippen LogP contribution is 2.37. The zero-order chi connectivity index (χ0) is 20.5. The SMILES string of the molecule is Cc1nc2ccccc2n1CCCNC(=O)N1C[C@@H](C(F)(F)F)[C@H](C(=O)O)C1. The predicted molar refractivity (Wildman–Crippen MR) is 94.7 cm³/mol. The average molecular weight is 398 g/mol. The van der Waals surface area contributed by atoms with Gasteiger partial charge in [-0.3, -0.25) is 4.79 Å². The van der Waals surface area contributed by atoms with Crippen molar-refractivity contribution in [1.29, 1.82) is 0 Å². The van der Waals surface area contributed by atoms with Crippen LogP contribution in [0.15, 0.2) is 24.3 Å². The number of fused-ring (bicyclic) bond motifs is 1. The van der Waals surface area contributed by atoms with Crippen molar-refractivity contribution < 1.29 is 27.9 Å². The van der Waals surface area contributed by atoms with E-state index in [0.29, 0.717) is 13.0 Å². The molecule has 0 bridgehead atoms. The van der Waals surface area contributed by atoms with Crippen LogP contribution in [0.1, 0.15) is 12.2 Å². The maximum atomic E-state index is 13.0. The minimum Gasteiger partial charge on any atom is -0.481 e. The summed E-state index contributed by atoms with van der Waals surface area (Å²) in [6, 6.07) is 6.98. The molecule has 0 unspecified atom stereocenters. The quantitative estimate of drug-likeness (QED) is 0.758. The Kier molecular flexibility index (Phi) is 5.48. The Bertz CT molecular complexity index is 881. The lowest BCUT2D eigenvalue weighted by atomic mass is 9.96. The fourth-order valence-electron chi connectivity index (χ4n) is 3.57. The topological polar surface area (TPSA) is 87.5 Å². The number of halogens is 3. The molecule has 0 saturated carbocycles. The lowest BCUT2D eigenvalue weighted by molar-refractivity contribution is -0.187. The number of para-hydroxylation sites is 2. The summed E-state index contributed by atoms with van der Waals surface area (Å²) in [5.41, 5.74) is 1.85. The number of nitrogens with zero attached hydrogens (tertiary/aromatic N) is 3. The van der Waals surface area contributed by atoms with Gasteiger partial charge in [0.1, 0.15) is 5.82 Å². The molecule has 1 aliphatic heterocycles. The van der Waals surface area contributed by atoms with Gasteiger partial charge >= 0.3 is 18.2 Å². The van der Waals surface area contributed by atoms with Crippen molar-refractivity contribution in [3.63, 3.8) is 0 Å². The first-order valence-corrected chi connectivity index (χ1v) is 8.92. The molecule has 2 atom stereocenters. The van der Waals surface area contributed by atoms with Crippen LogP contribution < -0.4 is 5.32 Å². The molecule has 1 aromatic carbocycles. The third kappa shape index (κ3) is 4.05. The zero-order valence-corrected chi connectivity index (χ0v) is 15.2. The van der Waals surface area contributed by atoms with E-state index >= 15 is 0 Å². The highest BCUT2D eigenvalue weighted by atomic mass is 19.4. The van der Waals surface area contributed by atoms with Crippen LogP contribution in [0.2, 0.25) is 0 Å². The Morgan fingerprint density at radius 1 is 1.29 bits per heavy atom. The summed E-state index contributed by atoms with van der Waals surface area (Å²) in [4.78, 5) is 28.6. The van der Waals surface area contributed by atoms with Crippen molar-refractivity contribution in [3.05, 3.63) is 30.1 Å². The molecule has 10 heteroatoms. The summed E-state index contributed by atoms with van der Waals surface area (Å²) in [7, 11) is 0. The predicted octanol–water partition coefficient (Wildman–Crippen LogP) is 2.64. The lowest BCUT2D eigenvalue weighted by Crippen LogP contribution is -2.40. The molecule has 1 aromatic heterocycles. The number of aliphatic carboxylic acids is 1. The number of rotatable bonds is 5. The van der Waals surface area contributed by atoms with Gasteiger partial charge in [0, 0.05) is 26.2 Å². The Balaban J connectivity index is 1.53. The number of likely N-dealkylation sites (tertiary alicyclic amines) is 1. The van der Waals surface area contributed by atoms with E-state index in [9.17, 15) is 22.8 Å². The van der Waals surface area contributed by atoms with E-state index in [-0.39, 0.29) is 6.54 Å². The first kappa shape index (κ1) is 20.0. The summed E-state index contributed by atoms with van der Waals surface area (Å²) in [6.07, 6.45) is -4.09. The number of amides is 2. The molecule has 152 valence electrons. The second-order valence-corrected chi connectivity index (χ2v) is 6.88. The molecule has 1 fully saturated rings. The number of carbonyl (C=O) groups is 2. The fraction of sp³-hybridized carbons (Fsp3) is 0.500. The molecule has 2 amide bonds. The first-order valence-electron chi connectivity index (χ1n) is 8.92. The number of alkyl halides is 3.